The molecule has 0 aliphatic heterocycles. The fourth-order valence-electron chi connectivity index (χ4n) is 2.11. The number of rotatable bonds is 5. The molecule has 0 bridgehead atoms. The summed E-state index contributed by atoms with van der Waals surface area (Å²) in [5.74, 6) is -0.194. The summed E-state index contributed by atoms with van der Waals surface area (Å²) in [4.78, 5) is 0. The molecular weight excluding hydrogens is 309 g/mol. The van der Waals surface area contributed by atoms with Crippen molar-refractivity contribution in [3.63, 3.8) is 0 Å². The average molecular weight is 326 g/mol. The standard InChI is InChI=1S/C14H17BrFN3/c1-10(9-19-7-3-6-17-19)18-11(2)13-5-4-12(15)8-14(13)16/h3-8,10-11,18H,9H2,1-2H3. The quantitative estimate of drug-likeness (QED) is 0.911. The fraction of sp³-hybridized carbons (Fsp3) is 0.357. The molecule has 2 rings (SSSR count). The van der Waals surface area contributed by atoms with Crippen LogP contribution >= 0.6 is 15.9 Å². The van der Waals surface area contributed by atoms with Gasteiger partial charge in [-0.1, -0.05) is 22.0 Å². The average Bonchev–Trinajstić information content (AvgIpc) is 2.81. The van der Waals surface area contributed by atoms with Crippen LogP contribution in [0, 0.1) is 5.82 Å². The van der Waals surface area contributed by atoms with Crippen molar-refractivity contribution < 1.29 is 4.39 Å². The maximum atomic E-state index is 13.8. The Bertz CT molecular complexity index is 527. The van der Waals surface area contributed by atoms with Crippen LogP contribution in [0.25, 0.3) is 0 Å². The van der Waals surface area contributed by atoms with Gasteiger partial charge in [0.05, 0.1) is 6.54 Å². The van der Waals surface area contributed by atoms with E-state index in [-0.39, 0.29) is 17.9 Å². The van der Waals surface area contributed by atoms with Gasteiger partial charge in [-0.2, -0.15) is 5.10 Å². The third-order valence-electron chi connectivity index (χ3n) is 2.98. The highest BCUT2D eigenvalue weighted by Crippen LogP contribution is 2.21. The Kier molecular flexibility index (Phi) is 4.71. The lowest BCUT2D eigenvalue weighted by Crippen LogP contribution is -2.33. The smallest absolute Gasteiger partial charge is 0.129 e. The van der Waals surface area contributed by atoms with E-state index in [1.807, 2.05) is 29.9 Å². The van der Waals surface area contributed by atoms with E-state index in [1.165, 1.54) is 6.07 Å². The van der Waals surface area contributed by atoms with E-state index in [0.29, 0.717) is 5.56 Å². The molecule has 1 N–H and O–H groups in total. The first-order valence-electron chi connectivity index (χ1n) is 6.24. The van der Waals surface area contributed by atoms with Crippen molar-refractivity contribution in [1.29, 1.82) is 0 Å². The summed E-state index contributed by atoms with van der Waals surface area (Å²) in [6.45, 7) is 4.79. The van der Waals surface area contributed by atoms with Crippen molar-refractivity contribution in [2.75, 3.05) is 0 Å². The molecule has 0 saturated heterocycles. The van der Waals surface area contributed by atoms with E-state index < -0.39 is 0 Å². The lowest BCUT2D eigenvalue weighted by atomic mass is 10.1. The summed E-state index contributed by atoms with van der Waals surface area (Å²) in [5, 5.41) is 7.54. The summed E-state index contributed by atoms with van der Waals surface area (Å²) in [7, 11) is 0. The first kappa shape index (κ1) is 14.2. The molecule has 5 heteroatoms. The summed E-state index contributed by atoms with van der Waals surface area (Å²) in [5.41, 5.74) is 0.676. The Morgan fingerprint density at radius 1 is 1.42 bits per heavy atom. The zero-order valence-electron chi connectivity index (χ0n) is 11.0. The zero-order chi connectivity index (χ0) is 13.8. The number of benzene rings is 1. The second kappa shape index (κ2) is 6.30. The van der Waals surface area contributed by atoms with Crippen LogP contribution in [0.1, 0.15) is 25.5 Å². The molecule has 0 spiro atoms. The van der Waals surface area contributed by atoms with Crippen LogP contribution in [-0.2, 0) is 6.54 Å². The van der Waals surface area contributed by atoms with Gasteiger partial charge >= 0.3 is 0 Å². The van der Waals surface area contributed by atoms with Gasteiger partial charge in [0.1, 0.15) is 5.82 Å². The highest BCUT2D eigenvalue weighted by atomic mass is 79.9. The molecule has 2 unspecified atom stereocenters. The third-order valence-corrected chi connectivity index (χ3v) is 3.48. The lowest BCUT2D eigenvalue weighted by Gasteiger charge is -2.21. The Balaban J connectivity index is 1.98. The molecule has 0 fully saturated rings. The van der Waals surface area contributed by atoms with Crippen LogP contribution in [0.4, 0.5) is 4.39 Å². The van der Waals surface area contributed by atoms with E-state index >= 15 is 0 Å². The van der Waals surface area contributed by atoms with Crippen molar-refractivity contribution in [3.8, 4) is 0 Å². The number of nitrogens with one attached hydrogen (secondary N) is 1. The molecule has 0 amide bonds. The van der Waals surface area contributed by atoms with Gasteiger partial charge in [-0.15, -0.1) is 0 Å². The van der Waals surface area contributed by atoms with E-state index in [1.54, 1.807) is 12.3 Å². The Morgan fingerprint density at radius 3 is 2.84 bits per heavy atom. The molecule has 1 aromatic heterocycles. The Hall–Kier alpha value is -1.20. The van der Waals surface area contributed by atoms with Crippen LogP contribution in [0.2, 0.25) is 0 Å². The fourth-order valence-corrected chi connectivity index (χ4v) is 2.44. The molecule has 102 valence electrons. The first-order chi connectivity index (χ1) is 9.06. The second-order valence-corrected chi connectivity index (χ2v) is 5.60. The van der Waals surface area contributed by atoms with Crippen LogP contribution in [0.3, 0.4) is 0 Å². The zero-order valence-corrected chi connectivity index (χ0v) is 12.6. The van der Waals surface area contributed by atoms with E-state index in [2.05, 4.69) is 33.3 Å². The molecule has 0 radical (unpaired) electrons. The molecule has 0 aliphatic rings. The predicted molar refractivity (Wildman–Crippen MR) is 77.3 cm³/mol. The minimum absolute atomic E-state index is 0.0429. The van der Waals surface area contributed by atoms with E-state index in [0.717, 1.165) is 11.0 Å². The van der Waals surface area contributed by atoms with Crippen LogP contribution in [0.15, 0.2) is 41.1 Å². The summed E-state index contributed by atoms with van der Waals surface area (Å²) >= 11 is 3.26. The number of nitrogens with zero attached hydrogens (tertiary/aromatic N) is 2. The van der Waals surface area contributed by atoms with Crippen LogP contribution in [-0.4, -0.2) is 15.8 Å². The highest BCUT2D eigenvalue weighted by Gasteiger charge is 2.14. The summed E-state index contributed by atoms with van der Waals surface area (Å²) < 4.78 is 16.5. The van der Waals surface area contributed by atoms with Crippen molar-refractivity contribution >= 4 is 15.9 Å². The molecule has 0 aliphatic carbocycles. The lowest BCUT2D eigenvalue weighted by molar-refractivity contribution is 0.405. The monoisotopic (exact) mass is 325 g/mol. The van der Waals surface area contributed by atoms with E-state index in [9.17, 15) is 4.39 Å². The van der Waals surface area contributed by atoms with Gasteiger partial charge in [0.2, 0.25) is 0 Å². The minimum atomic E-state index is -0.194. The number of aromatic nitrogens is 2. The maximum absolute atomic E-state index is 13.8. The molecule has 3 nitrogen and oxygen atoms in total. The van der Waals surface area contributed by atoms with Crippen molar-refractivity contribution in [2.24, 2.45) is 0 Å². The van der Waals surface area contributed by atoms with Gasteiger partial charge in [-0.05, 0) is 32.0 Å². The van der Waals surface area contributed by atoms with Gasteiger partial charge in [-0.25, -0.2) is 4.39 Å². The highest BCUT2D eigenvalue weighted by molar-refractivity contribution is 9.10. The largest absolute Gasteiger partial charge is 0.306 e. The Morgan fingerprint density at radius 2 is 2.21 bits per heavy atom. The van der Waals surface area contributed by atoms with Crippen LogP contribution < -0.4 is 5.32 Å². The number of halogens is 2. The number of hydrogen-bond donors (Lipinski definition) is 1. The topological polar surface area (TPSA) is 29.9 Å². The third kappa shape index (κ3) is 3.88. The SMILES string of the molecule is CC(Cn1cccn1)NC(C)c1ccc(Br)cc1F. The van der Waals surface area contributed by atoms with Gasteiger partial charge in [0.25, 0.3) is 0 Å². The summed E-state index contributed by atoms with van der Waals surface area (Å²) in [6.07, 6.45) is 3.67. The van der Waals surface area contributed by atoms with Gasteiger partial charge < -0.3 is 5.32 Å². The van der Waals surface area contributed by atoms with Crippen molar-refractivity contribution in [3.05, 3.63) is 52.5 Å². The molecular formula is C14H17BrFN3. The van der Waals surface area contributed by atoms with E-state index in [4.69, 9.17) is 0 Å². The maximum Gasteiger partial charge on any atom is 0.129 e. The van der Waals surface area contributed by atoms with Gasteiger partial charge in [-0.3, -0.25) is 4.68 Å². The van der Waals surface area contributed by atoms with Gasteiger partial charge in [0, 0.05) is 34.5 Å². The number of hydrogen-bond acceptors (Lipinski definition) is 2. The molecule has 0 saturated carbocycles. The van der Waals surface area contributed by atoms with Crippen LogP contribution in [0.5, 0.6) is 0 Å². The molecule has 2 atom stereocenters. The molecule has 1 aromatic carbocycles. The normalized spacial score (nSPS) is 14.3. The molecule has 1 heterocycles. The van der Waals surface area contributed by atoms with Crippen molar-refractivity contribution in [2.45, 2.75) is 32.5 Å². The second-order valence-electron chi connectivity index (χ2n) is 4.68. The summed E-state index contributed by atoms with van der Waals surface area (Å²) in [6, 6.07) is 7.21. The van der Waals surface area contributed by atoms with Gasteiger partial charge in [0.15, 0.2) is 0 Å². The molecule has 19 heavy (non-hydrogen) atoms. The van der Waals surface area contributed by atoms with Crippen molar-refractivity contribution in [1.82, 2.24) is 15.1 Å². The molecule has 2 aromatic rings. The first-order valence-corrected chi connectivity index (χ1v) is 7.04. The predicted octanol–water partition coefficient (Wildman–Crippen LogP) is 3.52. The Labute approximate surface area is 121 Å². The minimum Gasteiger partial charge on any atom is -0.306 e.